The Kier molecular flexibility index (Phi) is 4.52. The minimum absolute atomic E-state index is 0.240. The lowest BCUT2D eigenvalue weighted by atomic mass is 9.92. The highest BCUT2D eigenvalue weighted by Crippen LogP contribution is 2.20. The lowest BCUT2D eigenvalue weighted by Gasteiger charge is -2.15. The molecule has 0 aliphatic heterocycles. The first-order valence-electron chi connectivity index (χ1n) is 4.64. The molecule has 0 aromatic carbocycles. The zero-order valence-electron chi connectivity index (χ0n) is 8.92. The number of primary amides is 1. The van der Waals surface area contributed by atoms with Crippen LogP contribution in [0.15, 0.2) is 11.3 Å². The van der Waals surface area contributed by atoms with Gasteiger partial charge in [-0.25, -0.2) is 0 Å². The van der Waals surface area contributed by atoms with E-state index in [0.29, 0.717) is 5.92 Å². The van der Waals surface area contributed by atoms with Crippen molar-refractivity contribution in [2.75, 3.05) is 0 Å². The van der Waals surface area contributed by atoms with Gasteiger partial charge in [-0.15, -0.1) is 0 Å². The third-order valence-corrected chi connectivity index (χ3v) is 1.94. The number of carbonyl (C=O) groups excluding carboxylic acids is 1. The smallest absolute Gasteiger partial charge is 0.264 e. The summed E-state index contributed by atoms with van der Waals surface area (Å²) in [6.45, 7) is 8.23. The summed E-state index contributed by atoms with van der Waals surface area (Å²) < 4.78 is 0. The van der Waals surface area contributed by atoms with E-state index in [1.54, 1.807) is 0 Å². The fourth-order valence-electron chi connectivity index (χ4n) is 1.25. The van der Waals surface area contributed by atoms with Crippen LogP contribution in [0.25, 0.3) is 0 Å². The zero-order valence-corrected chi connectivity index (χ0v) is 8.92. The minimum Gasteiger partial charge on any atom is -0.394 e. The summed E-state index contributed by atoms with van der Waals surface area (Å²) in [5.74, 6) is 0.273. The van der Waals surface area contributed by atoms with Crippen molar-refractivity contribution in [3.8, 4) is 0 Å². The van der Waals surface area contributed by atoms with Crippen LogP contribution in [0.4, 0.5) is 0 Å². The molecule has 3 heteroatoms. The first-order chi connectivity index (χ1) is 5.86. The van der Waals surface area contributed by atoms with E-state index in [4.69, 9.17) is 11.5 Å². The molecular weight excluding hydrogens is 164 g/mol. The molecule has 3 nitrogen and oxygen atoms in total. The Morgan fingerprint density at radius 2 is 1.62 bits per heavy atom. The van der Waals surface area contributed by atoms with Gasteiger partial charge in [-0.3, -0.25) is 4.79 Å². The van der Waals surface area contributed by atoms with Crippen LogP contribution in [0.1, 0.15) is 34.1 Å². The van der Waals surface area contributed by atoms with Crippen LogP contribution in [0.5, 0.6) is 0 Å². The summed E-state index contributed by atoms with van der Waals surface area (Å²) in [5, 5.41) is 0. The van der Waals surface area contributed by atoms with Crippen molar-refractivity contribution >= 4 is 5.91 Å². The largest absolute Gasteiger partial charge is 0.394 e. The Hall–Kier alpha value is -0.990. The second-order valence-corrected chi connectivity index (χ2v) is 4.06. The SMILES string of the molecule is CC(C)C/C(=C(\N)C(N)=O)C(C)C. The second kappa shape index (κ2) is 4.90. The number of hydrogen-bond acceptors (Lipinski definition) is 2. The van der Waals surface area contributed by atoms with Crippen molar-refractivity contribution in [2.45, 2.75) is 34.1 Å². The van der Waals surface area contributed by atoms with E-state index in [1.165, 1.54) is 0 Å². The predicted octanol–water partition coefficient (Wildman–Crippen LogP) is 1.39. The summed E-state index contributed by atoms with van der Waals surface area (Å²) in [6, 6.07) is 0. The van der Waals surface area contributed by atoms with Gasteiger partial charge in [0.05, 0.1) is 5.70 Å². The van der Waals surface area contributed by atoms with Crippen molar-refractivity contribution < 1.29 is 4.79 Å². The molecule has 0 saturated heterocycles. The molecule has 76 valence electrons. The molecule has 0 bridgehead atoms. The van der Waals surface area contributed by atoms with Gasteiger partial charge in [0.1, 0.15) is 0 Å². The highest BCUT2D eigenvalue weighted by atomic mass is 16.1. The molecule has 0 spiro atoms. The van der Waals surface area contributed by atoms with Crippen LogP contribution < -0.4 is 11.5 Å². The number of rotatable bonds is 4. The molecule has 0 radical (unpaired) electrons. The highest BCUT2D eigenvalue weighted by molar-refractivity contribution is 5.91. The summed E-state index contributed by atoms with van der Waals surface area (Å²) in [5.41, 5.74) is 12.0. The van der Waals surface area contributed by atoms with Crippen LogP contribution in [0.3, 0.4) is 0 Å². The van der Waals surface area contributed by atoms with Gasteiger partial charge in [0.2, 0.25) is 0 Å². The van der Waals surface area contributed by atoms with Gasteiger partial charge in [-0.1, -0.05) is 27.7 Å². The zero-order chi connectivity index (χ0) is 10.6. The molecule has 13 heavy (non-hydrogen) atoms. The maximum atomic E-state index is 10.9. The lowest BCUT2D eigenvalue weighted by molar-refractivity contribution is -0.114. The molecule has 0 unspecified atom stereocenters. The fraction of sp³-hybridized carbons (Fsp3) is 0.700. The lowest BCUT2D eigenvalue weighted by Crippen LogP contribution is -2.24. The second-order valence-electron chi connectivity index (χ2n) is 4.06. The Morgan fingerprint density at radius 3 is 1.85 bits per heavy atom. The number of hydrogen-bond donors (Lipinski definition) is 2. The fourth-order valence-corrected chi connectivity index (χ4v) is 1.25. The van der Waals surface area contributed by atoms with E-state index < -0.39 is 5.91 Å². The molecule has 0 aromatic rings. The van der Waals surface area contributed by atoms with Gasteiger partial charge in [0.25, 0.3) is 5.91 Å². The van der Waals surface area contributed by atoms with E-state index >= 15 is 0 Å². The van der Waals surface area contributed by atoms with Crippen LogP contribution in [0, 0.1) is 11.8 Å². The molecule has 0 aromatic heterocycles. The molecule has 0 saturated carbocycles. The minimum atomic E-state index is -0.510. The van der Waals surface area contributed by atoms with Crippen LogP contribution in [-0.2, 0) is 4.79 Å². The van der Waals surface area contributed by atoms with Crippen LogP contribution >= 0.6 is 0 Å². The van der Waals surface area contributed by atoms with Gasteiger partial charge in [0, 0.05) is 0 Å². The van der Waals surface area contributed by atoms with E-state index in [-0.39, 0.29) is 11.6 Å². The summed E-state index contributed by atoms with van der Waals surface area (Å²) >= 11 is 0. The standard InChI is InChI=1S/C10H20N2O/c1-6(2)5-8(7(3)4)9(11)10(12)13/h6-7H,5,11H2,1-4H3,(H2,12,13)/b9-8+. The topological polar surface area (TPSA) is 69.1 Å². The van der Waals surface area contributed by atoms with Crippen molar-refractivity contribution in [3.05, 3.63) is 11.3 Å². The van der Waals surface area contributed by atoms with E-state index in [9.17, 15) is 4.79 Å². The Morgan fingerprint density at radius 1 is 1.15 bits per heavy atom. The first kappa shape index (κ1) is 12.0. The van der Waals surface area contributed by atoms with E-state index in [1.807, 2.05) is 13.8 Å². The summed E-state index contributed by atoms with van der Waals surface area (Å²) in [6.07, 6.45) is 0.840. The Balaban J connectivity index is 4.78. The molecule has 4 N–H and O–H groups in total. The van der Waals surface area contributed by atoms with Gasteiger partial charge in [-0.05, 0) is 23.8 Å². The third kappa shape index (κ3) is 3.97. The molecule has 0 rings (SSSR count). The predicted molar refractivity (Wildman–Crippen MR) is 54.7 cm³/mol. The quantitative estimate of drug-likeness (QED) is 0.648. The third-order valence-electron chi connectivity index (χ3n) is 1.94. The molecule has 0 atom stereocenters. The number of amides is 1. The molecular formula is C10H20N2O. The molecule has 1 amide bonds. The molecule has 0 aliphatic rings. The summed E-state index contributed by atoms with van der Waals surface area (Å²) in [4.78, 5) is 10.9. The van der Waals surface area contributed by atoms with E-state index in [0.717, 1.165) is 12.0 Å². The van der Waals surface area contributed by atoms with Gasteiger partial charge >= 0.3 is 0 Å². The number of allylic oxidation sites excluding steroid dienone is 1. The molecule has 0 heterocycles. The number of nitrogens with two attached hydrogens (primary N) is 2. The van der Waals surface area contributed by atoms with Crippen LogP contribution in [-0.4, -0.2) is 5.91 Å². The molecule has 0 aliphatic carbocycles. The Bertz CT molecular complexity index is 217. The Labute approximate surface area is 80.2 Å². The van der Waals surface area contributed by atoms with Crippen molar-refractivity contribution in [1.29, 1.82) is 0 Å². The van der Waals surface area contributed by atoms with E-state index in [2.05, 4.69) is 13.8 Å². The van der Waals surface area contributed by atoms with Gasteiger partial charge in [0.15, 0.2) is 0 Å². The molecule has 0 fully saturated rings. The first-order valence-corrected chi connectivity index (χ1v) is 4.64. The average Bonchev–Trinajstić information content (AvgIpc) is 1.97. The maximum absolute atomic E-state index is 10.9. The summed E-state index contributed by atoms with van der Waals surface area (Å²) in [7, 11) is 0. The number of carbonyl (C=O) groups is 1. The monoisotopic (exact) mass is 184 g/mol. The maximum Gasteiger partial charge on any atom is 0.264 e. The average molecular weight is 184 g/mol. The van der Waals surface area contributed by atoms with Crippen molar-refractivity contribution in [2.24, 2.45) is 23.3 Å². The van der Waals surface area contributed by atoms with Crippen LogP contribution in [0.2, 0.25) is 0 Å². The normalized spacial score (nSPS) is 13.4. The van der Waals surface area contributed by atoms with Gasteiger partial charge in [-0.2, -0.15) is 0 Å². The van der Waals surface area contributed by atoms with Crippen molar-refractivity contribution in [1.82, 2.24) is 0 Å². The van der Waals surface area contributed by atoms with Gasteiger partial charge < -0.3 is 11.5 Å². The highest BCUT2D eigenvalue weighted by Gasteiger charge is 2.13. The van der Waals surface area contributed by atoms with Crippen molar-refractivity contribution in [3.63, 3.8) is 0 Å².